The molecule has 0 bridgehead atoms. The molecule has 1 fully saturated rings. The summed E-state index contributed by atoms with van der Waals surface area (Å²) in [6.45, 7) is 6.13. The van der Waals surface area contributed by atoms with Gasteiger partial charge in [0.05, 0.1) is 5.69 Å². The maximum Gasteiger partial charge on any atom is 0.131 e. The maximum absolute atomic E-state index is 5.87. The largest absolute Gasteiger partial charge is 0.359 e. The zero-order valence-electron chi connectivity index (χ0n) is 12.7. The summed E-state index contributed by atoms with van der Waals surface area (Å²) in [7, 11) is 6.37. The summed E-state index contributed by atoms with van der Waals surface area (Å²) >= 11 is 0. The molecule has 1 aromatic rings. The standard InChI is InChI=1S/C14H27N5/c1-11-13(9-15)14(19(4)16-11)18(3)10-12-5-7-17(2)8-6-12/h12H,5-10,15H2,1-4H3. The Hall–Kier alpha value is -1.07. The molecule has 108 valence electrons. The van der Waals surface area contributed by atoms with E-state index in [1.54, 1.807) is 0 Å². The minimum atomic E-state index is 0.562. The lowest BCUT2D eigenvalue weighted by Crippen LogP contribution is -2.36. The van der Waals surface area contributed by atoms with Crippen molar-refractivity contribution < 1.29 is 0 Å². The van der Waals surface area contributed by atoms with Crippen molar-refractivity contribution in [2.75, 3.05) is 38.6 Å². The molecular weight excluding hydrogens is 238 g/mol. The molecule has 2 rings (SSSR count). The molecule has 5 nitrogen and oxygen atoms in total. The minimum Gasteiger partial charge on any atom is -0.359 e. The van der Waals surface area contributed by atoms with E-state index in [1.807, 2.05) is 18.7 Å². The quantitative estimate of drug-likeness (QED) is 0.881. The van der Waals surface area contributed by atoms with Crippen LogP contribution in [0.4, 0.5) is 5.82 Å². The number of piperidine rings is 1. The van der Waals surface area contributed by atoms with Gasteiger partial charge in [-0.3, -0.25) is 4.68 Å². The summed E-state index contributed by atoms with van der Waals surface area (Å²) in [6.07, 6.45) is 2.57. The Balaban J connectivity index is 2.05. The lowest BCUT2D eigenvalue weighted by Gasteiger charge is -2.32. The monoisotopic (exact) mass is 265 g/mol. The molecule has 2 N–H and O–H groups in total. The molecule has 19 heavy (non-hydrogen) atoms. The molecule has 1 aliphatic heterocycles. The number of hydrogen-bond acceptors (Lipinski definition) is 4. The molecule has 0 radical (unpaired) electrons. The summed E-state index contributed by atoms with van der Waals surface area (Å²) in [6, 6.07) is 0. The van der Waals surface area contributed by atoms with Crippen molar-refractivity contribution in [3.8, 4) is 0 Å². The average molecular weight is 265 g/mol. The van der Waals surface area contributed by atoms with E-state index in [9.17, 15) is 0 Å². The van der Waals surface area contributed by atoms with Gasteiger partial charge >= 0.3 is 0 Å². The third-order valence-corrected chi connectivity index (χ3v) is 4.25. The maximum atomic E-state index is 5.87. The first kappa shape index (κ1) is 14.3. The van der Waals surface area contributed by atoms with E-state index in [-0.39, 0.29) is 0 Å². The Kier molecular flexibility index (Phi) is 4.47. The van der Waals surface area contributed by atoms with Crippen molar-refractivity contribution in [2.45, 2.75) is 26.3 Å². The van der Waals surface area contributed by atoms with E-state index in [0.717, 1.165) is 18.2 Å². The van der Waals surface area contributed by atoms with Crippen LogP contribution in [0.5, 0.6) is 0 Å². The van der Waals surface area contributed by atoms with Crippen LogP contribution in [0.1, 0.15) is 24.1 Å². The Morgan fingerprint density at radius 1 is 1.32 bits per heavy atom. The first-order valence-corrected chi connectivity index (χ1v) is 7.15. The number of aromatic nitrogens is 2. The fraction of sp³-hybridized carbons (Fsp3) is 0.786. The normalized spacial score (nSPS) is 17.9. The number of likely N-dealkylation sites (tertiary alicyclic amines) is 1. The highest BCUT2D eigenvalue weighted by atomic mass is 15.4. The zero-order valence-corrected chi connectivity index (χ0v) is 12.7. The number of anilines is 1. The van der Waals surface area contributed by atoms with Crippen LogP contribution in [0, 0.1) is 12.8 Å². The first-order valence-electron chi connectivity index (χ1n) is 7.15. The number of aryl methyl sites for hydroxylation is 2. The second-order valence-corrected chi connectivity index (χ2v) is 5.84. The Morgan fingerprint density at radius 2 is 1.95 bits per heavy atom. The Labute approximate surface area is 116 Å². The van der Waals surface area contributed by atoms with Crippen LogP contribution in [0.15, 0.2) is 0 Å². The van der Waals surface area contributed by atoms with Crippen molar-refractivity contribution in [1.29, 1.82) is 0 Å². The number of nitrogens with zero attached hydrogens (tertiary/aromatic N) is 4. The van der Waals surface area contributed by atoms with Gasteiger partial charge in [0.25, 0.3) is 0 Å². The van der Waals surface area contributed by atoms with Crippen LogP contribution in [0.2, 0.25) is 0 Å². The highest BCUT2D eigenvalue weighted by molar-refractivity contribution is 5.49. The third kappa shape index (κ3) is 3.09. The molecular formula is C14H27N5. The topological polar surface area (TPSA) is 50.3 Å². The van der Waals surface area contributed by atoms with E-state index in [4.69, 9.17) is 5.73 Å². The molecule has 0 unspecified atom stereocenters. The molecule has 5 heteroatoms. The van der Waals surface area contributed by atoms with Crippen molar-refractivity contribution in [1.82, 2.24) is 14.7 Å². The predicted molar refractivity (Wildman–Crippen MR) is 79.3 cm³/mol. The number of nitrogens with two attached hydrogens (primary N) is 1. The van der Waals surface area contributed by atoms with Gasteiger partial charge in [-0.25, -0.2) is 0 Å². The fourth-order valence-electron chi connectivity index (χ4n) is 3.12. The second kappa shape index (κ2) is 5.92. The lowest BCUT2D eigenvalue weighted by atomic mass is 9.96. The van der Waals surface area contributed by atoms with E-state index >= 15 is 0 Å². The van der Waals surface area contributed by atoms with Gasteiger partial charge in [0.2, 0.25) is 0 Å². The van der Waals surface area contributed by atoms with Gasteiger partial charge in [-0.2, -0.15) is 5.10 Å². The SMILES string of the molecule is Cc1nn(C)c(N(C)CC2CCN(C)CC2)c1CN. The van der Waals surface area contributed by atoms with Crippen LogP contribution in [-0.4, -0.2) is 48.4 Å². The van der Waals surface area contributed by atoms with Crippen LogP contribution in [0.3, 0.4) is 0 Å². The van der Waals surface area contributed by atoms with Crippen molar-refractivity contribution >= 4 is 5.82 Å². The molecule has 0 aliphatic carbocycles. The molecule has 0 atom stereocenters. The molecule has 0 aromatic carbocycles. The van der Waals surface area contributed by atoms with Crippen molar-refractivity contribution in [2.24, 2.45) is 18.7 Å². The third-order valence-electron chi connectivity index (χ3n) is 4.25. The first-order chi connectivity index (χ1) is 9.02. The predicted octanol–water partition coefficient (Wildman–Crippen LogP) is 0.965. The van der Waals surface area contributed by atoms with Crippen LogP contribution in [0.25, 0.3) is 0 Å². The van der Waals surface area contributed by atoms with Crippen molar-refractivity contribution in [3.05, 3.63) is 11.3 Å². The van der Waals surface area contributed by atoms with E-state index < -0.39 is 0 Å². The highest BCUT2D eigenvalue weighted by Gasteiger charge is 2.21. The van der Waals surface area contributed by atoms with Crippen LogP contribution < -0.4 is 10.6 Å². The van der Waals surface area contributed by atoms with E-state index in [1.165, 1.54) is 37.3 Å². The Bertz CT molecular complexity index is 418. The molecule has 1 aromatic heterocycles. The molecule has 1 aliphatic rings. The van der Waals surface area contributed by atoms with E-state index in [0.29, 0.717) is 6.54 Å². The van der Waals surface area contributed by atoms with Gasteiger partial charge in [0.1, 0.15) is 5.82 Å². The molecule has 0 saturated carbocycles. The smallest absolute Gasteiger partial charge is 0.131 e. The summed E-state index contributed by atoms with van der Waals surface area (Å²) in [5, 5.41) is 4.49. The van der Waals surface area contributed by atoms with Gasteiger partial charge in [0, 0.05) is 32.7 Å². The van der Waals surface area contributed by atoms with Crippen molar-refractivity contribution in [3.63, 3.8) is 0 Å². The van der Waals surface area contributed by atoms with E-state index in [2.05, 4.69) is 29.0 Å². The molecule has 1 saturated heterocycles. The van der Waals surface area contributed by atoms with Gasteiger partial charge in [-0.1, -0.05) is 0 Å². The lowest BCUT2D eigenvalue weighted by molar-refractivity contribution is 0.222. The number of hydrogen-bond donors (Lipinski definition) is 1. The average Bonchev–Trinajstić information content (AvgIpc) is 2.66. The fourth-order valence-corrected chi connectivity index (χ4v) is 3.12. The van der Waals surface area contributed by atoms with Gasteiger partial charge in [-0.15, -0.1) is 0 Å². The number of rotatable bonds is 4. The second-order valence-electron chi connectivity index (χ2n) is 5.84. The molecule has 2 heterocycles. The molecule has 0 amide bonds. The van der Waals surface area contributed by atoms with Gasteiger partial charge < -0.3 is 15.5 Å². The van der Waals surface area contributed by atoms with Gasteiger partial charge in [0.15, 0.2) is 0 Å². The molecule has 0 spiro atoms. The van der Waals surface area contributed by atoms with Crippen LogP contribution in [-0.2, 0) is 13.6 Å². The zero-order chi connectivity index (χ0) is 14.0. The summed E-state index contributed by atoms with van der Waals surface area (Å²) in [4.78, 5) is 4.74. The summed E-state index contributed by atoms with van der Waals surface area (Å²) in [5.41, 5.74) is 8.10. The Morgan fingerprint density at radius 3 is 2.53 bits per heavy atom. The minimum absolute atomic E-state index is 0.562. The van der Waals surface area contributed by atoms with Gasteiger partial charge in [-0.05, 0) is 45.8 Å². The highest BCUT2D eigenvalue weighted by Crippen LogP contribution is 2.24. The summed E-state index contributed by atoms with van der Waals surface area (Å²) < 4.78 is 1.96. The van der Waals surface area contributed by atoms with Crippen LogP contribution >= 0.6 is 0 Å². The summed E-state index contributed by atoms with van der Waals surface area (Å²) in [5.74, 6) is 1.96.